The highest BCUT2D eigenvalue weighted by Gasteiger charge is 2.45. The second kappa shape index (κ2) is 4.13. The molecule has 1 aliphatic carbocycles. The third-order valence-electron chi connectivity index (χ3n) is 4.10. The van der Waals surface area contributed by atoms with Gasteiger partial charge in [0.05, 0.1) is 6.07 Å². The number of fused-ring (bicyclic) bond motifs is 1. The Morgan fingerprint density at radius 3 is 2.78 bits per heavy atom. The number of rotatable bonds is 3. The normalized spacial score (nSPS) is 20.2. The zero-order valence-electron chi connectivity index (χ0n) is 10.4. The summed E-state index contributed by atoms with van der Waals surface area (Å²) in [5.41, 5.74) is 2.39. The lowest BCUT2D eigenvalue weighted by atomic mass is 9.97. The number of aryl methyl sites for hydroxylation is 1. The molecule has 0 unspecified atom stereocenters. The van der Waals surface area contributed by atoms with Gasteiger partial charge in [-0.05, 0) is 30.9 Å². The van der Waals surface area contributed by atoms with Crippen LogP contribution in [-0.4, -0.2) is 12.5 Å². The lowest BCUT2D eigenvalue weighted by molar-refractivity contribution is -0.119. The van der Waals surface area contributed by atoms with Gasteiger partial charge in [0.15, 0.2) is 0 Å². The van der Waals surface area contributed by atoms with E-state index >= 15 is 0 Å². The van der Waals surface area contributed by atoms with E-state index in [0.717, 1.165) is 31.5 Å². The second-order valence-corrected chi connectivity index (χ2v) is 5.44. The van der Waals surface area contributed by atoms with Gasteiger partial charge in [-0.25, -0.2) is 0 Å². The summed E-state index contributed by atoms with van der Waals surface area (Å²) in [6.45, 7) is 0.719. The van der Waals surface area contributed by atoms with Crippen molar-refractivity contribution in [1.29, 1.82) is 5.26 Å². The summed E-state index contributed by atoms with van der Waals surface area (Å²) < 4.78 is 0. The number of nitrogens with zero attached hydrogens (tertiary/aromatic N) is 2. The summed E-state index contributed by atoms with van der Waals surface area (Å²) >= 11 is 0. The Hall–Kier alpha value is -1.82. The maximum absolute atomic E-state index is 12.1. The number of amides is 1. The van der Waals surface area contributed by atoms with Gasteiger partial charge in [0, 0.05) is 30.5 Å². The van der Waals surface area contributed by atoms with Crippen molar-refractivity contribution in [2.75, 3.05) is 11.4 Å². The van der Waals surface area contributed by atoms with E-state index in [1.54, 1.807) is 0 Å². The van der Waals surface area contributed by atoms with Gasteiger partial charge in [-0.15, -0.1) is 0 Å². The molecule has 3 nitrogen and oxygen atoms in total. The SMILES string of the molecule is N#CCC1(CN2C(=O)CCc3ccccc32)CC1. The minimum Gasteiger partial charge on any atom is -0.312 e. The van der Waals surface area contributed by atoms with E-state index in [0.29, 0.717) is 12.8 Å². The second-order valence-electron chi connectivity index (χ2n) is 5.44. The van der Waals surface area contributed by atoms with Crippen molar-refractivity contribution in [3.05, 3.63) is 29.8 Å². The van der Waals surface area contributed by atoms with Gasteiger partial charge in [0.25, 0.3) is 0 Å². The lowest BCUT2D eigenvalue weighted by Gasteiger charge is -2.32. The smallest absolute Gasteiger partial charge is 0.227 e. The Balaban J connectivity index is 1.88. The van der Waals surface area contributed by atoms with Crippen molar-refractivity contribution in [2.24, 2.45) is 5.41 Å². The molecule has 0 aromatic heterocycles. The fraction of sp³-hybridized carbons (Fsp3) is 0.467. The molecule has 92 valence electrons. The summed E-state index contributed by atoms with van der Waals surface area (Å²) in [7, 11) is 0. The summed E-state index contributed by atoms with van der Waals surface area (Å²) in [6, 6.07) is 10.4. The van der Waals surface area contributed by atoms with E-state index in [4.69, 9.17) is 5.26 Å². The van der Waals surface area contributed by atoms with Crippen LogP contribution in [0.25, 0.3) is 0 Å². The summed E-state index contributed by atoms with van der Waals surface area (Å²) in [4.78, 5) is 14.0. The number of nitriles is 1. The number of hydrogen-bond acceptors (Lipinski definition) is 2. The largest absolute Gasteiger partial charge is 0.312 e. The van der Waals surface area contributed by atoms with Gasteiger partial charge in [0.1, 0.15) is 0 Å². The Kier molecular flexibility index (Phi) is 2.59. The first kappa shape index (κ1) is 11.3. The van der Waals surface area contributed by atoms with Crippen LogP contribution in [0.1, 0.15) is 31.2 Å². The molecule has 0 spiro atoms. The zero-order chi connectivity index (χ0) is 12.6. The predicted molar refractivity (Wildman–Crippen MR) is 69.0 cm³/mol. The maximum atomic E-state index is 12.1. The van der Waals surface area contributed by atoms with Crippen molar-refractivity contribution in [1.82, 2.24) is 0 Å². The van der Waals surface area contributed by atoms with Gasteiger partial charge < -0.3 is 4.90 Å². The Morgan fingerprint density at radius 2 is 2.06 bits per heavy atom. The third kappa shape index (κ3) is 1.88. The molecule has 1 amide bonds. The molecule has 3 rings (SSSR count). The average molecular weight is 240 g/mol. The molecular weight excluding hydrogens is 224 g/mol. The topological polar surface area (TPSA) is 44.1 Å². The monoisotopic (exact) mass is 240 g/mol. The highest BCUT2D eigenvalue weighted by Crippen LogP contribution is 2.50. The van der Waals surface area contributed by atoms with E-state index in [9.17, 15) is 4.79 Å². The lowest BCUT2D eigenvalue weighted by Crippen LogP contribution is -2.39. The first-order valence-corrected chi connectivity index (χ1v) is 6.49. The van der Waals surface area contributed by atoms with Crippen molar-refractivity contribution in [3.63, 3.8) is 0 Å². The van der Waals surface area contributed by atoms with Crippen molar-refractivity contribution in [2.45, 2.75) is 32.1 Å². The van der Waals surface area contributed by atoms with Crippen molar-refractivity contribution < 1.29 is 4.79 Å². The van der Waals surface area contributed by atoms with Gasteiger partial charge in [0.2, 0.25) is 5.91 Å². The van der Waals surface area contributed by atoms with Crippen LogP contribution in [0.4, 0.5) is 5.69 Å². The first-order chi connectivity index (χ1) is 8.74. The van der Waals surface area contributed by atoms with Crippen LogP contribution in [0.5, 0.6) is 0 Å². The zero-order valence-corrected chi connectivity index (χ0v) is 10.4. The van der Waals surface area contributed by atoms with Crippen LogP contribution in [0.15, 0.2) is 24.3 Å². The Morgan fingerprint density at radius 1 is 1.28 bits per heavy atom. The van der Waals surface area contributed by atoms with E-state index < -0.39 is 0 Å². The average Bonchev–Trinajstić information content (AvgIpc) is 3.14. The van der Waals surface area contributed by atoms with Crippen LogP contribution in [-0.2, 0) is 11.2 Å². The number of para-hydroxylation sites is 1. The van der Waals surface area contributed by atoms with Crippen LogP contribution in [0, 0.1) is 16.7 Å². The van der Waals surface area contributed by atoms with Gasteiger partial charge in [-0.2, -0.15) is 5.26 Å². The number of benzene rings is 1. The van der Waals surface area contributed by atoms with E-state index in [-0.39, 0.29) is 11.3 Å². The minimum atomic E-state index is 0.0782. The molecule has 1 aromatic carbocycles. The Bertz CT molecular complexity index is 526. The maximum Gasteiger partial charge on any atom is 0.227 e. The summed E-state index contributed by atoms with van der Waals surface area (Å²) in [6.07, 6.45) is 4.16. The molecule has 0 atom stereocenters. The van der Waals surface area contributed by atoms with Crippen LogP contribution >= 0.6 is 0 Å². The standard InChI is InChI=1S/C15H16N2O/c16-10-9-15(7-8-15)11-17-13-4-2-1-3-12(13)5-6-14(17)18/h1-4H,5-9,11H2. The molecule has 18 heavy (non-hydrogen) atoms. The molecule has 1 aliphatic heterocycles. The Labute approximate surface area is 107 Å². The predicted octanol–water partition coefficient (Wildman–Crippen LogP) is 2.66. The molecule has 1 fully saturated rings. The van der Waals surface area contributed by atoms with Gasteiger partial charge in [-0.1, -0.05) is 18.2 Å². The molecule has 2 aliphatic rings. The number of carbonyl (C=O) groups excluding carboxylic acids is 1. The summed E-state index contributed by atoms with van der Waals surface area (Å²) in [5.74, 6) is 0.206. The molecule has 1 aromatic rings. The fourth-order valence-corrected chi connectivity index (χ4v) is 2.74. The summed E-state index contributed by atoms with van der Waals surface area (Å²) in [5, 5.41) is 8.88. The first-order valence-electron chi connectivity index (χ1n) is 6.49. The highest BCUT2D eigenvalue weighted by atomic mass is 16.2. The van der Waals surface area contributed by atoms with Gasteiger partial charge in [-0.3, -0.25) is 4.79 Å². The molecule has 3 heteroatoms. The van der Waals surface area contributed by atoms with Crippen LogP contribution in [0.2, 0.25) is 0 Å². The number of hydrogen-bond donors (Lipinski definition) is 0. The van der Waals surface area contributed by atoms with Crippen molar-refractivity contribution in [3.8, 4) is 6.07 Å². The van der Waals surface area contributed by atoms with Gasteiger partial charge >= 0.3 is 0 Å². The van der Waals surface area contributed by atoms with E-state index in [1.807, 2.05) is 23.1 Å². The number of carbonyl (C=O) groups is 1. The third-order valence-corrected chi connectivity index (χ3v) is 4.10. The fourth-order valence-electron chi connectivity index (χ4n) is 2.74. The van der Waals surface area contributed by atoms with Crippen LogP contribution in [0.3, 0.4) is 0 Å². The van der Waals surface area contributed by atoms with Crippen LogP contribution < -0.4 is 4.90 Å². The number of anilines is 1. The highest BCUT2D eigenvalue weighted by molar-refractivity contribution is 5.96. The molecule has 0 N–H and O–H groups in total. The quantitative estimate of drug-likeness (QED) is 0.815. The van der Waals surface area contributed by atoms with E-state index in [1.165, 1.54) is 5.56 Å². The van der Waals surface area contributed by atoms with Crippen molar-refractivity contribution >= 4 is 11.6 Å². The molecular formula is C15H16N2O. The minimum absolute atomic E-state index is 0.0782. The molecule has 0 saturated heterocycles. The van der Waals surface area contributed by atoms with E-state index in [2.05, 4.69) is 12.1 Å². The molecule has 0 bridgehead atoms. The molecule has 0 radical (unpaired) electrons. The molecule has 1 saturated carbocycles. The molecule has 1 heterocycles.